The molecule has 18 heavy (non-hydrogen) atoms. The summed E-state index contributed by atoms with van der Waals surface area (Å²) in [6, 6.07) is 0. The molecule has 5 heteroatoms. The van der Waals surface area contributed by atoms with Gasteiger partial charge in [-0.2, -0.15) is 0 Å². The molecule has 2 aromatic rings. The summed E-state index contributed by atoms with van der Waals surface area (Å²) in [6.07, 6.45) is 12.8. The first kappa shape index (κ1) is 11.1. The van der Waals surface area contributed by atoms with E-state index < -0.39 is 0 Å². The lowest BCUT2D eigenvalue weighted by molar-refractivity contribution is 0.576. The van der Waals surface area contributed by atoms with Gasteiger partial charge in [-0.25, -0.2) is 4.98 Å². The lowest BCUT2D eigenvalue weighted by Crippen LogP contribution is -2.21. The molecule has 0 aliphatic carbocycles. The van der Waals surface area contributed by atoms with Gasteiger partial charge in [0.2, 0.25) is 0 Å². The maximum Gasteiger partial charge on any atom is 0.147 e. The Balaban J connectivity index is 1.62. The maximum atomic E-state index is 4.34. The minimum Gasteiger partial charge on any atom is -0.355 e. The Bertz CT molecular complexity index is 487. The molecule has 2 aromatic heterocycles. The monoisotopic (exact) mass is 241 g/mol. The van der Waals surface area contributed by atoms with Crippen molar-refractivity contribution < 1.29 is 0 Å². The molecule has 3 heterocycles. The van der Waals surface area contributed by atoms with Gasteiger partial charge in [-0.1, -0.05) is 0 Å². The van der Waals surface area contributed by atoms with Crippen molar-refractivity contribution in [3.63, 3.8) is 0 Å². The van der Waals surface area contributed by atoms with Crippen molar-refractivity contribution in [2.45, 2.75) is 12.8 Å². The summed E-state index contributed by atoms with van der Waals surface area (Å²) < 4.78 is 0. The van der Waals surface area contributed by atoms with Crippen LogP contribution in [0.1, 0.15) is 12.1 Å². The van der Waals surface area contributed by atoms with Gasteiger partial charge >= 0.3 is 0 Å². The quantitative estimate of drug-likeness (QED) is 0.811. The molecular formula is C13H15N5. The fourth-order valence-corrected chi connectivity index (χ4v) is 2.39. The Labute approximate surface area is 106 Å². The van der Waals surface area contributed by atoms with Gasteiger partial charge in [-0.3, -0.25) is 15.0 Å². The van der Waals surface area contributed by atoms with Gasteiger partial charge in [0.25, 0.3) is 0 Å². The second-order valence-electron chi connectivity index (χ2n) is 4.57. The number of nitrogens with zero attached hydrogens (tertiary/aromatic N) is 5. The topological polar surface area (TPSA) is 54.8 Å². The summed E-state index contributed by atoms with van der Waals surface area (Å²) >= 11 is 0. The Morgan fingerprint density at radius 3 is 2.61 bits per heavy atom. The predicted octanol–water partition coefficient (Wildman–Crippen LogP) is 1.34. The van der Waals surface area contributed by atoms with Crippen LogP contribution in [-0.4, -0.2) is 33.0 Å². The van der Waals surface area contributed by atoms with Crippen LogP contribution in [-0.2, 0) is 6.42 Å². The summed E-state index contributed by atoms with van der Waals surface area (Å²) in [7, 11) is 0. The molecule has 0 spiro atoms. The third-order valence-corrected chi connectivity index (χ3v) is 3.27. The molecule has 0 radical (unpaired) electrons. The van der Waals surface area contributed by atoms with Crippen LogP contribution in [0.4, 0.5) is 5.82 Å². The van der Waals surface area contributed by atoms with E-state index in [1.54, 1.807) is 24.8 Å². The summed E-state index contributed by atoms with van der Waals surface area (Å²) in [6.45, 7) is 2.07. The molecule has 3 rings (SSSR count). The van der Waals surface area contributed by atoms with Crippen LogP contribution in [0.3, 0.4) is 0 Å². The summed E-state index contributed by atoms with van der Waals surface area (Å²) in [5.74, 6) is 1.60. The predicted molar refractivity (Wildman–Crippen MR) is 68.1 cm³/mol. The summed E-state index contributed by atoms with van der Waals surface area (Å²) in [5, 5.41) is 0. The molecule has 0 saturated carbocycles. The van der Waals surface area contributed by atoms with Gasteiger partial charge in [-0.15, -0.1) is 0 Å². The molecule has 92 valence electrons. The number of hydrogen-bond acceptors (Lipinski definition) is 5. The Kier molecular flexibility index (Phi) is 3.12. The van der Waals surface area contributed by atoms with Gasteiger partial charge in [0.15, 0.2) is 0 Å². The minimum absolute atomic E-state index is 0.628. The van der Waals surface area contributed by atoms with E-state index in [-0.39, 0.29) is 0 Å². The fraction of sp³-hybridized carbons (Fsp3) is 0.385. The van der Waals surface area contributed by atoms with Crippen molar-refractivity contribution >= 4 is 5.82 Å². The van der Waals surface area contributed by atoms with Crippen molar-refractivity contribution in [3.8, 4) is 0 Å². The van der Waals surface area contributed by atoms with E-state index in [4.69, 9.17) is 0 Å². The number of hydrogen-bond donors (Lipinski definition) is 0. The molecule has 0 aromatic carbocycles. The smallest absolute Gasteiger partial charge is 0.147 e. The van der Waals surface area contributed by atoms with Crippen LogP contribution in [0.2, 0.25) is 0 Å². The molecule has 1 saturated heterocycles. The van der Waals surface area contributed by atoms with Crippen LogP contribution < -0.4 is 4.90 Å². The lowest BCUT2D eigenvalue weighted by atomic mass is 10.0. The van der Waals surface area contributed by atoms with E-state index in [0.29, 0.717) is 5.92 Å². The molecule has 0 amide bonds. The highest BCUT2D eigenvalue weighted by molar-refractivity contribution is 5.36. The van der Waals surface area contributed by atoms with E-state index in [1.165, 1.54) is 6.42 Å². The fourth-order valence-electron chi connectivity index (χ4n) is 2.39. The third-order valence-electron chi connectivity index (χ3n) is 3.27. The van der Waals surface area contributed by atoms with E-state index in [1.807, 2.05) is 12.4 Å². The first-order valence-corrected chi connectivity index (χ1v) is 6.17. The molecule has 0 N–H and O–H groups in total. The van der Waals surface area contributed by atoms with Crippen LogP contribution in [0.5, 0.6) is 0 Å². The molecule has 1 aliphatic rings. The second-order valence-corrected chi connectivity index (χ2v) is 4.57. The SMILES string of the molecule is c1cnc(C[C@H]2CCN(c3cnccn3)C2)cn1. The number of rotatable bonds is 3. The van der Waals surface area contributed by atoms with Crippen molar-refractivity contribution in [3.05, 3.63) is 42.9 Å². The Hall–Kier alpha value is -2.04. The second kappa shape index (κ2) is 5.08. The third kappa shape index (κ3) is 2.45. The van der Waals surface area contributed by atoms with Gasteiger partial charge in [-0.05, 0) is 18.8 Å². The highest BCUT2D eigenvalue weighted by Crippen LogP contribution is 2.23. The Morgan fingerprint density at radius 2 is 1.89 bits per heavy atom. The van der Waals surface area contributed by atoms with Gasteiger partial charge in [0.1, 0.15) is 5.82 Å². The molecule has 1 aliphatic heterocycles. The van der Waals surface area contributed by atoms with Gasteiger partial charge in [0.05, 0.1) is 11.9 Å². The zero-order chi connectivity index (χ0) is 12.2. The number of anilines is 1. The normalized spacial score (nSPS) is 19.1. The molecule has 5 nitrogen and oxygen atoms in total. The zero-order valence-electron chi connectivity index (χ0n) is 10.1. The van der Waals surface area contributed by atoms with Crippen LogP contribution in [0.15, 0.2) is 37.2 Å². The van der Waals surface area contributed by atoms with Gasteiger partial charge in [0, 0.05) is 44.1 Å². The maximum absolute atomic E-state index is 4.34. The van der Waals surface area contributed by atoms with Crippen LogP contribution in [0, 0.1) is 5.92 Å². The summed E-state index contributed by atoms with van der Waals surface area (Å²) in [5.41, 5.74) is 1.07. The lowest BCUT2D eigenvalue weighted by Gasteiger charge is -2.16. The largest absolute Gasteiger partial charge is 0.355 e. The standard InChI is InChI=1S/C13H15N5/c1-6-18(13-9-15-3-5-17-13)10-11(1)7-12-8-14-2-4-16-12/h2-5,8-9,11H,1,6-7,10H2/t11-/m1/s1. The van der Waals surface area contributed by atoms with E-state index in [9.17, 15) is 0 Å². The first-order chi connectivity index (χ1) is 8.92. The van der Waals surface area contributed by atoms with Crippen molar-refractivity contribution in [1.29, 1.82) is 0 Å². The zero-order valence-corrected chi connectivity index (χ0v) is 10.1. The average Bonchev–Trinajstić information content (AvgIpc) is 2.89. The highest BCUT2D eigenvalue weighted by Gasteiger charge is 2.23. The van der Waals surface area contributed by atoms with E-state index >= 15 is 0 Å². The van der Waals surface area contributed by atoms with Crippen molar-refractivity contribution in [2.24, 2.45) is 5.92 Å². The van der Waals surface area contributed by atoms with E-state index in [0.717, 1.165) is 31.0 Å². The first-order valence-electron chi connectivity index (χ1n) is 6.17. The van der Waals surface area contributed by atoms with Crippen LogP contribution in [0.25, 0.3) is 0 Å². The van der Waals surface area contributed by atoms with E-state index in [2.05, 4.69) is 24.8 Å². The molecular weight excluding hydrogens is 226 g/mol. The minimum atomic E-state index is 0.628. The van der Waals surface area contributed by atoms with Crippen LogP contribution >= 0.6 is 0 Å². The Morgan fingerprint density at radius 1 is 1.06 bits per heavy atom. The number of aromatic nitrogens is 4. The molecule has 0 unspecified atom stereocenters. The molecule has 0 bridgehead atoms. The van der Waals surface area contributed by atoms with Crippen molar-refractivity contribution in [1.82, 2.24) is 19.9 Å². The summed E-state index contributed by atoms with van der Waals surface area (Å²) in [4.78, 5) is 19.2. The highest BCUT2D eigenvalue weighted by atomic mass is 15.2. The molecule has 1 atom stereocenters. The molecule has 1 fully saturated rings. The average molecular weight is 241 g/mol. The van der Waals surface area contributed by atoms with Gasteiger partial charge < -0.3 is 4.90 Å². The van der Waals surface area contributed by atoms with Crippen molar-refractivity contribution in [2.75, 3.05) is 18.0 Å².